The minimum Gasteiger partial charge on any atom is -0.434 e. The fourth-order valence-electron chi connectivity index (χ4n) is 8.31. The van der Waals surface area contributed by atoms with E-state index < -0.39 is 88.7 Å². The van der Waals surface area contributed by atoms with Crippen molar-refractivity contribution in [2.75, 3.05) is 13.2 Å². The molecule has 0 heterocycles. The summed E-state index contributed by atoms with van der Waals surface area (Å²) in [5.74, 6) is -3.77. The average Bonchev–Trinajstić information content (AvgIpc) is 3.12. The van der Waals surface area contributed by atoms with E-state index in [4.69, 9.17) is 18.9 Å². The van der Waals surface area contributed by atoms with Gasteiger partial charge in [-0.15, -0.1) is 0 Å². The summed E-state index contributed by atoms with van der Waals surface area (Å²) in [5.41, 5.74) is -7.36. The first kappa shape index (κ1) is 32.1. The second kappa shape index (κ2) is 11.4. The molecule has 0 unspecified atom stereocenters. The van der Waals surface area contributed by atoms with Gasteiger partial charge in [-0.2, -0.15) is 0 Å². The number of hydrogen-bond donors (Lipinski definition) is 1. The van der Waals surface area contributed by atoms with Crippen molar-refractivity contribution in [3.63, 3.8) is 0 Å². The van der Waals surface area contributed by atoms with E-state index in [0.717, 1.165) is 12.5 Å². The van der Waals surface area contributed by atoms with Crippen LogP contribution in [0.15, 0.2) is 23.8 Å². The van der Waals surface area contributed by atoms with E-state index in [0.29, 0.717) is 6.42 Å². The van der Waals surface area contributed by atoms with Crippen molar-refractivity contribution < 1.29 is 52.0 Å². The number of allylic oxidation sites excluding steroid dienone is 4. The first-order valence-electron chi connectivity index (χ1n) is 14.8. The number of hydrogen-bond acceptors (Lipinski definition) is 9. The Hall–Kier alpha value is -2.82. The smallest absolute Gasteiger partial charge is 0.434 e. The summed E-state index contributed by atoms with van der Waals surface area (Å²) < 4.78 is 54.5. The average molecular weight is 597 g/mol. The van der Waals surface area contributed by atoms with Gasteiger partial charge in [-0.3, -0.25) is 9.59 Å². The minimum atomic E-state index is -2.37. The lowest BCUT2D eigenvalue weighted by molar-refractivity contribution is -0.226. The standard InChI is InChI=1S/C31H42F2O9/c1-7-8-11-39-27(38)42-31(25(36)16-40-26(37)41-17(2)3)18(4)12-20-21-14-23(32)22-13-19(34)9-10-28(22,5)30(21,33)24(35)15-29(20,31)6/h9-10,13,17-18,20-21,23-24,35H,7-8,11-12,14-16H2,1-6H3/t18-,20+,21+,23+,24+,28+,29+,30+,31+/m1/s1. The summed E-state index contributed by atoms with van der Waals surface area (Å²) in [6.45, 7) is 9.16. The van der Waals surface area contributed by atoms with Crippen LogP contribution in [0.3, 0.4) is 0 Å². The third-order valence-corrected chi connectivity index (χ3v) is 10.2. The molecule has 0 aromatic carbocycles. The number of alkyl halides is 2. The monoisotopic (exact) mass is 596 g/mol. The lowest BCUT2D eigenvalue weighted by atomic mass is 9.44. The molecule has 0 saturated heterocycles. The zero-order valence-electron chi connectivity index (χ0n) is 25.1. The van der Waals surface area contributed by atoms with Crippen molar-refractivity contribution in [1.82, 2.24) is 0 Å². The first-order chi connectivity index (χ1) is 19.6. The largest absolute Gasteiger partial charge is 0.509 e. The molecule has 3 saturated carbocycles. The summed E-state index contributed by atoms with van der Waals surface area (Å²) in [7, 11) is 0. The Morgan fingerprint density at radius 1 is 1.12 bits per heavy atom. The summed E-state index contributed by atoms with van der Waals surface area (Å²) in [4.78, 5) is 51.3. The van der Waals surface area contributed by atoms with Crippen LogP contribution in [0, 0.1) is 28.6 Å². The summed E-state index contributed by atoms with van der Waals surface area (Å²) in [6.07, 6.45) is -1.64. The van der Waals surface area contributed by atoms with E-state index in [1.165, 1.54) is 19.1 Å². The predicted octanol–water partition coefficient (Wildman–Crippen LogP) is 5.37. The Morgan fingerprint density at radius 3 is 2.45 bits per heavy atom. The van der Waals surface area contributed by atoms with E-state index >= 15 is 8.78 Å². The van der Waals surface area contributed by atoms with E-state index in [-0.39, 0.29) is 31.4 Å². The molecule has 0 bridgehead atoms. The van der Waals surface area contributed by atoms with Crippen LogP contribution in [-0.4, -0.2) is 71.8 Å². The summed E-state index contributed by atoms with van der Waals surface area (Å²) in [6, 6.07) is 0. The molecule has 0 aromatic rings. The van der Waals surface area contributed by atoms with Gasteiger partial charge in [0.25, 0.3) is 0 Å². The van der Waals surface area contributed by atoms with Crippen molar-refractivity contribution in [3.05, 3.63) is 23.8 Å². The Bertz CT molecular complexity index is 1180. The van der Waals surface area contributed by atoms with Gasteiger partial charge < -0.3 is 24.1 Å². The number of carbonyl (C=O) groups excluding carboxylic acids is 4. The number of ketones is 2. The van der Waals surface area contributed by atoms with Gasteiger partial charge in [0.15, 0.2) is 23.7 Å². The van der Waals surface area contributed by atoms with Crippen molar-refractivity contribution in [2.45, 2.75) is 103 Å². The summed E-state index contributed by atoms with van der Waals surface area (Å²) in [5, 5.41) is 11.6. The molecule has 11 heteroatoms. The van der Waals surface area contributed by atoms with E-state index in [9.17, 15) is 24.3 Å². The lowest BCUT2D eigenvalue weighted by Crippen LogP contribution is -2.71. The molecule has 42 heavy (non-hydrogen) atoms. The van der Waals surface area contributed by atoms with Crippen molar-refractivity contribution in [1.29, 1.82) is 0 Å². The van der Waals surface area contributed by atoms with Crippen LogP contribution in [0.1, 0.15) is 73.6 Å². The molecule has 0 aromatic heterocycles. The normalized spacial score (nSPS) is 40.4. The van der Waals surface area contributed by atoms with Crippen LogP contribution in [0.5, 0.6) is 0 Å². The van der Waals surface area contributed by atoms with Crippen LogP contribution in [0.2, 0.25) is 0 Å². The highest BCUT2D eigenvalue weighted by molar-refractivity contribution is 6.01. The summed E-state index contributed by atoms with van der Waals surface area (Å²) >= 11 is 0. The lowest BCUT2D eigenvalue weighted by Gasteiger charge is -2.63. The maximum atomic E-state index is 17.5. The molecule has 1 N–H and O–H groups in total. The molecule has 0 aliphatic heterocycles. The molecule has 9 nitrogen and oxygen atoms in total. The second-order valence-electron chi connectivity index (χ2n) is 12.9. The molecule has 9 atom stereocenters. The number of Topliss-reactive ketones (excluding diaryl/α,β-unsaturated/α-hetero) is 1. The number of aliphatic hydroxyl groups excluding tert-OH is 1. The second-order valence-corrected chi connectivity index (χ2v) is 12.9. The molecule has 0 radical (unpaired) electrons. The fraction of sp³-hybridized carbons (Fsp3) is 0.742. The van der Waals surface area contributed by atoms with E-state index in [1.54, 1.807) is 27.7 Å². The van der Waals surface area contributed by atoms with Crippen molar-refractivity contribution >= 4 is 23.9 Å². The van der Waals surface area contributed by atoms with Crippen molar-refractivity contribution in [2.24, 2.45) is 28.6 Å². The maximum absolute atomic E-state index is 17.5. The fourth-order valence-corrected chi connectivity index (χ4v) is 8.31. The van der Waals surface area contributed by atoms with Crippen LogP contribution in [0.25, 0.3) is 0 Å². The number of unbranched alkanes of at least 4 members (excludes halogenated alkanes) is 1. The zero-order valence-corrected chi connectivity index (χ0v) is 25.1. The van der Waals surface area contributed by atoms with Crippen molar-refractivity contribution in [3.8, 4) is 0 Å². The van der Waals surface area contributed by atoms with Gasteiger partial charge >= 0.3 is 12.3 Å². The topological polar surface area (TPSA) is 125 Å². The van der Waals surface area contributed by atoms with Crippen LogP contribution in [0.4, 0.5) is 18.4 Å². The number of ether oxygens (including phenoxy) is 4. The van der Waals surface area contributed by atoms with Crippen LogP contribution >= 0.6 is 0 Å². The Kier molecular flexibility index (Phi) is 8.68. The highest BCUT2D eigenvalue weighted by Crippen LogP contribution is 2.71. The Balaban J connectivity index is 1.76. The highest BCUT2D eigenvalue weighted by atomic mass is 19.1. The number of aliphatic hydroxyl groups is 1. The molecule has 4 aliphatic rings. The Labute approximate surface area is 245 Å². The van der Waals surface area contributed by atoms with Gasteiger partial charge in [0.1, 0.15) is 6.17 Å². The number of halogens is 2. The maximum Gasteiger partial charge on any atom is 0.509 e. The molecule has 0 spiro atoms. The Morgan fingerprint density at radius 2 is 1.81 bits per heavy atom. The number of rotatable bonds is 8. The molecule has 234 valence electrons. The third kappa shape index (κ3) is 4.75. The molecular formula is C31H42F2O9. The number of fused-ring (bicyclic) bond motifs is 5. The molecular weight excluding hydrogens is 554 g/mol. The molecule has 4 aliphatic carbocycles. The predicted molar refractivity (Wildman–Crippen MR) is 146 cm³/mol. The first-order valence-corrected chi connectivity index (χ1v) is 14.8. The van der Waals surface area contributed by atoms with Gasteiger partial charge in [-0.25, -0.2) is 18.4 Å². The van der Waals surface area contributed by atoms with Crippen LogP contribution in [-0.2, 0) is 28.5 Å². The van der Waals surface area contributed by atoms with Gasteiger partial charge in [0, 0.05) is 22.7 Å². The quantitative estimate of drug-likeness (QED) is 0.291. The van der Waals surface area contributed by atoms with E-state index in [1.807, 2.05) is 6.92 Å². The molecule has 0 amide bonds. The highest BCUT2D eigenvalue weighted by Gasteiger charge is 2.78. The minimum absolute atomic E-state index is 0.0161. The van der Waals surface area contributed by atoms with Crippen LogP contribution < -0.4 is 0 Å². The zero-order chi connectivity index (χ0) is 31.3. The van der Waals surface area contributed by atoms with Gasteiger partial charge in [0.2, 0.25) is 5.78 Å². The molecule has 4 rings (SSSR count). The van der Waals surface area contributed by atoms with Gasteiger partial charge in [0.05, 0.1) is 18.8 Å². The van der Waals surface area contributed by atoms with Gasteiger partial charge in [-0.05, 0) is 70.1 Å². The van der Waals surface area contributed by atoms with E-state index in [2.05, 4.69) is 0 Å². The number of carbonyl (C=O) groups is 4. The molecule has 3 fully saturated rings. The third-order valence-electron chi connectivity index (χ3n) is 10.2. The SMILES string of the molecule is CCCCOC(=O)O[C@]1(C(=O)COC(=O)OC(C)C)[C@H](C)C[C@H]2[C@@H]3C[C@H](F)C4=CC(=O)C=C[C@]4(C)[C@@]3(F)[C@@H](O)C[C@@]21C. The van der Waals surface area contributed by atoms with Gasteiger partial charge in [-0.1, -0.05) is 33.3 Å².